The van der Waals surface area contributed by atoms with Gasteiger partial charge in [0, 0.05) is 25.2 Å². The molecule has 1 aliphatic carbocycles. The number of hydrogen-bond donors (Lipinski definition) is 1. The van der Waals surface area contributed by atoms with E-state index < -0.39 is 0 Å². The number of rotatable bonds is 3. The second-order valence-corrected chi connectivity index (χ2v) is 5.48. The monoisotopic (exact) mass is 312 g/mol. The van der Waals surface area contributed by atoms with Gasteiger partial charge in [0.25, 0.3) is 0 Å². The fourth-order valence-electron chi connectivity index (χ4n) is 1.84. The van der Waals surface area contributed by atoms with Gasteiger partial charge in [-0.1, -0.05) is 5.16 Å². The van der Waals surface area contributed by atoms with Crippen LogP contribution in [0, 0.1) is 0 Å². The summed E-state index contributed by atoms with van der Waals surface area (Å²) < 4.78 is 0.868. The van der Waals surface area contributed by atoms with Crippen molar-refractivity contribution in [3.8, 4) is 0 Å². The molecule has 0 bridgehead atoms. The SMILES string of the molecule is OC1CC(ON=C2CN(c3ncc(Br)cn3)C2)C1. The van der Waals surface area contributed by atoms with E-state index in [1.54, 1.807) is 12.4 Å². The van der Waals surface area contributed by atoms with Crippen LogP contribution in [0.25, 0.3) is 0 Å². The number of hydrogen-bond acceptors (Lipinski definition) is 6. The summed E-state index contributed by atoms with van der Waals surface area (Å²) >= 11 is 3.30. The van der Waals surface area contributed by atoms with Crippen LogP contribution in [0.4, 0.5) is 5.95 Å². The maximum atomic E-state index is 9.11. The average molecular weight is 313 g/mol. The predicted octanol–water partition coefficient (Wildman–Crippen LogP) is 0.955. The Morgan fingerprint density at radius 2 is 2.00 bits per heavy atom. The summed E-state index contributed by atoms with van der Waals surface area (Å²) in [7, 11) is 0. The third kappa shape index (κ3) is 2.46. The van der Waals surface area contributed by atoms with Gasteiger partial charge in [0.2, 0.25) is 5.95 Å². The second-order valence-electron chi connectivity index (χ2n) is 4.57. The second kappa shape index (κ2) is 4.81. The lowest BCUT2D eigenvalue weighted by atomic mass is 9.93. The molecule has 7 heteroatoms. The molecule has 0 aromatic carbocycles. The topological polar surface area (TPSA) is 70.8 Å². The average Bonchev–Trinajstić information content (AvgIpc) is 2.26. The lowest BCUT2D eigenvalue weighted by Crippen LogP contribution is -2.48. The Morgan fingerprint density at radius 3 is 2.61 bits per heavy atom. The molecule has 0 amide bonds. The van der Waals surface area contributed by atoms with E-state index in [1.807, 2.05) is 4.90 Å². The first kappa shape index (κ1) is 11.9. The Labute approximate surface area is 113 Å². The maximum absolute atomic E-state index is 9.11. The van der Waals surface area contributed by atoms with Crippen molar-refractivity contribution in [2.75, 3.05) is 18.0 Å². The molecule has 1 saturated heterocycles. The van der Waals surface area contributed by atoms with E-state index in [1.165, 1.54) is 0 Å². The summed E-state index contributed by atoms with van der Waals surface area (Å²) in [5, 5.41) is 13.2. The van der Waals surface area contributed by atoms with Crippen LogP contribution in [0.3, 0.4) is 0 Å². The molecule has 1 aliphatic heterocycles. The van der Waals surface area contributed by atoms with Crippen LogP contribution in [-0.4, -0.2) is 46.1 Å². The number of oxime groups is 1. The molecule has 96 valence electrons. The van der Waals surface area contributed by atoms with Crippen LogP contribution in [0.2, 0.25) is 0 Å². The van der Waals surface area contributed by atoms with Crippen molar-refractivity contribution in [3.63, 3.8) is 0 Å². The Balaban J connectivity index is 1.47. The van der Waals surface area contributed by atoms with E-state index >= 15 is 0 Å². The molecule has 2 heterocycles. The lowest BCUT2D eigenvalue weighted by Gasteiger charge is -2.33. The zero-order valence-corrected chi connectivity index (χ0v) is 11.2. The van der Waals surface area contributed by atoms with Crippen LogP contribution in [0.15, 0.2) is 22.0 Å². The third-order valence-electron chi connectivity index (χ3n) is 3.04. The first-order chi connectivity index (χ1) is 8.70. The molecule has 0 atom stereocenters. The fraction of sp³-hybridized carbons (Fsp3) is 0.545. The van der Waals surface area contributed by atoms with E-state index in [9.17, 15) is 0 Å². The Kier molecular flexibility index (Phi) is 3.17. The lowest BCUT2D eigenvalue weighted by molar-refractivity contribution is -0.0698. The minimum absolute atomic E-state index is 0.0884. The summed E-state index contributed by atoms with van der Waals surface area (Å²) in [5.41, 5.74) is 0.989. The van der Waals surface area contributed by atoms with Crippen LogP contribution in [0.1, 0.15) is 12.8 Å². The molecule has 2 aliphatic rings. The highest BCUT2D eigenvalue weighted by molar-refractivity contribution is 9.10. The molecule has 0 spiro atoms. The summed E-state index contributed by atoms with van der Waals surface area (Å²) in [6, 6.07) is 0. The van der Waals surface area contributed by atoms with Crippen molar-refractivity contribution in [2.24, 2.45) is 5.16 Å². The van der Waals surface area contributed by atoms with E-state index in [4.69, 9.17) is 9.94 Å². The van der Waals surface area contributed by atoms with E-state index in [-0.39, 0.29) is 12.2 Å². The minimum Gasteiger partial charge on any atom is -0.393 e. The molecule has 1 N–H and O–H groups in total. The summed E-state index contributed by atoms with van der Waals surface area (Å²) in [5.74, 6) is 0.705. The molecule has 1 aromatic heterocycles. The van der Waals surface area contributed by atoms with Gasteiger partial charge >= 0.3 is 0 Å². The van der Waals surface area contributed by atoms with Crippen LogP contribution >= 0.6 is 15.9 Å². The molecule has 2 fully saturated rings. The van der Waals surface area contributed by atoms with Gasteiger partial charge in [-0.3, -0.25) is 0 Å². The molecular weight excluding hydrogens is 300 g/mol. The summed E-state index contributed by atoms with van der Waals surface area (Å²) in [6.07, 6.45) is 4.72. The van der Waals surface area contributed by atoms with Crippen molar-refractivity contribution < 1.29 is 9.94 Å². The van der Waals surface area contributed by atoms with E-state index in [0.29, 0.717) is 31.9 Å². The van der Waals surface area contributed by atoms with Gasteiger partial charge in [-0.05, 0) is 15.9 Å². The van der Waals surface area contributed by atoms with Crippen molar-refractivity contribution in [1.82, 2.24) is 9.97 Å². The van der Waals surface area contributed by atoms with Gasteiger partial charge in [-0.2, -0.15) is 0 Å². The van der Waals surface area contributed by atoms with Gasteiger partial charge in [-0.25, -0.2) is 9.97 Å². The summed E-state index contributed by atoms with van der Waals surface area (Å²) in [4.78, 5) is 15.7. The zero-order chi connectivity index (χ0) is 12.5. The zero-order valence-electron chi connectivity index (χ0n) is 9.66. The highest BCUT2D eigenvalue weighted by Crippen LogP contribution is 2.23. The van der Waals surface area contributed by atoms with Gasteiger partial charge < -0.3 is 14.8 Å². The first-order valence-corrected chi connectivity index (χ1v) is 6.62. The Hall–Kier alpha value is -1.21. The highest BCUT2D eigenvalue weighted by atomic mass is 79.9. The van der Waals surface area contributed by atoms with E-state index in [0.717, 1.165) is 10.2 Å². The number of aliphatic hydroxyl groups is 1. The van der Waals surface area contributed by atoms with E-state index in [2.05, 4.69) is 31.1 Å². The Bertz CT molecular complexity index is 451. The third-order valence-corrected chi connectivity index (χ3v) is 3.45. The number of halogens is 1. The van der Waals surface area contributed by atoms with Crippen molar-refractivity contribution in [2.45, 2.75) is 25.0 Å². The van der Waals surface area contributed by atoms with Crippen LogP contribution < -0.4 is 4.90 Å². The number of aliphatic hydroxyl groups excluding tert-OH is 1. The predicted molar refractivity (Wildman–Crippen MR) is 69.5 cm³/mol. The molecule has 1 aromatic rings. The van der Waals surface area contributed by atoms with Gasteiger partial charge in [0.05, 0.1) is 29.4 Å². The van der Waals surface area contributed by atoms with Crippen LogP contribution in [0.5, 0.6) is 0 Å². The van der Waals surface area contributed by atoms with Crippen molar-refractivity contribution in [1.29, 1.82) is 0 Å². The molecule has 6 nitrogen and oxygen atoms in total. The maximum Gasteiger partial charge on any atom is 0.226 e. The number of anilines is 1. The van der Waals surface area contributed by atoms with Gasteiger partial charge in [0.1, 0.15) is 6.10 Å². The quantitative estimate of drug-likeness (QED) is 0.842. The van der Waals surface area contributed by atoms with Gasteiger partial charge in [0.15, 0.2) is 0 Å². The van der Waals surface area contributed by atoms with Gasteiger partial charge in [-0.15, -0.1) is 0 Å². The summed E-state index contributed by atoms with van der Waals surface area (Å²) in [6.45, 7) is 1.41. The smallest absolute Gasteiger partial charge is 0.226 e. The van der Waals surface area contributed by atoms with Crippen molar-refractivity contribution >= 4 is 27.6 Å². The first-order valence-electron chi connectivity index (χ1n) is 5.83. The molecular formula is C11H13BrN4O2. The molecule has 18 heavy (non-hydrogen) atoms. The fourth-order valence-corrected chi connectivity index (χ4v) is 2.04. The Morgan fingerprint density at radius 1 is 1.33 bits per heavy atom. The highest BCUT2D eigenvalue weighted by Gasteiger charge is 2.30. The standard InChI is InChI=1S/C11H13BrN4O2/c12-7-3-13-11(14-4-7)16-5-8(6-16)15-18-10-1-9(17)2-10/h3-4,9-10,17H,1-2,5-6H2. The van der Waals surface area contributed by atoms with Crippen LogP contribution in [-0.2, 0) is 4.84 Å². The molecule has 1 saturated carbocycles. The van der Waals surface area contributed by atoms with Crippen molar-refractivity contribution in [3.05, 3.63) is 16.9 Å². The number of aromatic nitrogens is 2. The largest absolute Gasteiger partial charge is 0.393 e. The number of nitrogens with zero attached hydrogens (tertiary/aromatic N) is 4. The molecule has 0 radical (unpaired) electrons. The normalized spacial score (nSPS) is 26.3. The molecule has 3 rings (SSSR count). The molecule has 0 unspecified atom stereocenters. The minimum atomic E-state index is -0.204.